The molecule has 1 aliphatic rings. The Labute approximate surface area is 208 Å². The van der Waals surface area contributed by atoms with Gasteiger partial charge in [0.05, 0.1) is 16.6 Å². The summed E-state index contributed by atoms with van der Waals surface area (Å²) in [6, 6.07) is 12.3. The molecule has 0 saturated heterocycles. The molecule has 2 aromatic heterocycles. The normalized spacial score (nSPS) is 15.6. The van der Waals surface area contributed by atoms with E-state index in [1.165, 1.54) is 31.2 Å². The van der Waals surface area contributed by atoms with E-state index in [-0.39, 0.29) is 23.4 Å². The van der Waals surface area contributed by atoms with Crippen molar-refractivity contribution in [3.8, 4) is 0 Å². The molecule has 1 aliphatic carbocycles. The minimum absolute atomic E-state index is 0.0327. The molecule has 1 aromatic carbocycles. The second-order valence-electron chi connectivity index (χ2n) is 9.42. The Bertz CT molecular complexity index is 1180. The van der Waals surface area contributed by atoms with Gasteiger partial charge in [-0.15, -0.1) is 0 Å². The predicted octanol–water partition coefficient (Wildman–Crippen LogP) is 6.80. The molecule has 1 fully saturated rings. The third-order valence-corrected chi connectivity index (χ3v) is 6.79. The van der Waals surface area contributed by atoms with Gasteiger partial charge in [-0.25, -0.2) is 4.79 Å². The molecule has 1 amide bonds. The van der Waals surface area contributed by atoms with Crippen LogP contribution in [0.1, 0.15) is 83.3 Å². The number of nitrogens with zero attached hydrogens (tertiary/aromatic N) is 1. The van der Waals surface area contributed by atoms with Gasteiger partial charge in [0.1, 0.15) is 12.3 Å². The van der Waals surface area contributed by atoms with E-state index in [2.05, 4.69) is 5.32 Å². The predicted molar refractivity (Wildman–Crippen MR) is 131 cm³/mol. The van der Waals surface area contributed by atoms with E-state index in [0.717, 1.165) is 54.6 Å². The molecule has 3 aromatic rings. The van der Waals surface area contributed by atoms with Crippen LogP contribution in [0.25, 0.3) is 5.52 Å². The first kappa shape index (κ1) is 25.8. The number of benzene rings is 1. The van der Waals surface area contributed by atoms with Gasteiger partial charge in [-0.1, -0.05) is 68.9 Å². The van der Waals surface area contributed by atoms with Crippen LogP contribution >= 0.6 is 0 Å². The van der Waals surface area contributed by atoms with E-state index in [1.807, 2.05) is 6.07 Å². The monoisotopic (exact) mass is 500 g/mol. The van der Waals surface area contributed by atoms with Gasteiger partial charge in [0.25, 0.3) is 5.91 Å². The highest BCUT2D eigenvalue weighted by Gasteiger charge is 2.36. The molecule has 1 saturated carbocycles. The number of alkyl halides is 3. The first-order chi connectivity index (χ1) is 17.3. The number of fused-ring (bicyclic) bond motifs is 1. The summed E-state index contributed by atoms with van der Waals surface area (Å²) in [6.45, 7) is 0.368. The molecule has 0 aliphatic heterocycles. The van der Waals surface area contributed by atoms with Crippen molar-refractivity contribution in [2.75, 3.05) is 6.54 Å². The summed E-state index contributed by atoms with van der Waals surface area (Å²) in [7, 11) is 0. The number of carbonyl (C=O) groups is 2. The molecular formula is C28H31F3N2O3. The van der Waals surface area contributed by atoms with Crippen LogP contribution in [0.5, 0.6) is 0 Å². The van der Waals surface area contributed by atoms with Crippen molar-refractivity contribution in [2.24, 2.45) is 5.92 Å². The molecule has 1 N–H and O–H groups in total. The number of rotatable bonds is 6. The lowest BCUT2D eigenvalue weighted by Gasteiger charge is -2.17. The van der Waals surface area contributed by atoms with E-state index in [0.29, 0.717) is 12.5 Å². The lowest BCUT2D eigenvalue weighted by molar-refractivity contribution is -0.136. The molecule has 36 heavy (non-hydrogen) atoms. The largest absolute Gasteiger partial charge is 0.456 e. The molecule has 0 radical (unpaired) electrons. The number of pyridine rings is 1. The zero-order chi connectivity index (χ0) is 25.5. The third kappa shape index (κ3) is 6.28. The van der Waals surface area contributed by atoms with E-state index < -0.39 is 23.6 Å². The Morgan fingerprint density at radius 3 is 2.28 bits per heavy atom. The highest BCUT2D eigenvalue weighted by molar-refractivity contribution is 6.05. The molecule has 2 heterocycles. The van der Waals surface area contributed by atoms with Crippen LogP contribution in [0.2, 0.25) is 0 Å². The number of amides is 1. The van der Waals surface area contributed by atoms with Crippen LogP contribution in [-0.2, 0) is 17.5 Å². The maximum atomic E-state index is 13.9. The fraction of sp³-hybridized carbons (Fsp3) is 0.429. The summed E-state index contributed by atoms with van der Waals surface area (Å²) in [5, 5.41) is 2.85. The number of carbonyl (C=O) groups excluding carboxylic acids is 2. The van der Waals surface area contributed by atoms with Gasteiger partial charge in [-0.05, 0) is 42.5 Å². The van der Waals surface area contributed by atoms with Crippen molar-refractivity contribution in [1.29, 1.82) is 0 Å². The van der Waals surface area contributed by atoms with Gasteiger partial charge in [0, 0.05) is 12.7 Å². The minimum atomic E-state index is -4.70. The standard InChI is InChI=1S/C28H31F3N2O3/c29-28(30,31)23-15-10-16-33-24(27(35)36-19-21-13-8-5-9-14-21)17-22(25(23)33)26(34)32-18-20-11-6-3-1-2-4-7-12-20/h5,8-10,13-17,20H,1-4,6-7,11-12,18-19H2,(H,32,34). The summed E-state index contributed by atoms with van der Waals surface area (Å²) in [5.74, 6) is -1.13. The molecule has 5 nitrogen and oxygen atoms in total. The number of nitrogens with one attached hydrogen (secondary N) is 1. The summed E-state index contributed by atoms with van der Waals surface area (Å²) in [4.78, 5) is 26.1. The maximum absolute atomic E-state index is 13.9. The Morgan fingerprint density at radius 2 is 1.61 bits per heavy atom. The quantitative estimate of drug-likeness (QED) is 0.379. The van der Waals surface area contributed by atoms with Crippen LogP contribution in [0, 0.1) is 5.92 Å². The highest BCUT2D eigenvalue weighted by Crippen LogP contribution is 2.35. The van der Waals surface area contributed by atoms with Crippen molar-refractivity contribution >= 4 is 17.4 Å². The Balaban J connectivity index is 1.59. The molecule has 0 atom stereocenters. The molecule has 0 spiro atoms. The number of ether oxygens (including phenoxy) is 1. The number of halogens is 3. The fourth-order valence-corrected chi connectivity index (χ4v) is 4.87. The highest BCUT2D eigenvalue weighted by atomic mass is 19.4. The third-order valence-electron chi connectivity index (χ3n) is 6.79. The average Bonchev–Trinajstić information content (AvgIpc) is 3.31. The van der Waals surface area contributed by atoms with Gasteiger partial charge in [-0.2, -0.15) is 13.2 Å². The molecule has 0 bridgehead atoms. The number of hydrogen-bond donors (Lipinski definition) is 1. The second kappa shape index (κ2) is 11.6. The number of hydrogen-bond acceptors (Lipinski definition) is 3. The smallest absolute Gasteiger partial charge is 0.418 e. The number of aromatic nitrogens is 1. The van der Waals surface area contributed by atoms with Crippen molar-refractivity contribution in [3.63, 3.8) is 0 Å². The minimum Gasteiger partial charge on any atom is -0.456 e. The summed E-state index contributed by atoms with van der Waals surface area (Å²) in [5.41, 5.74) is -0.878. The topological polar surface area (TPSA) is 59.8 Å². The van der Waals surface area contributed by atoms with Crippen molar-refractivity contribution in [3.05, 3.63) is 77.1 Å². The Morgan fingerprint density at radius 1 is 0.944 bits per heavy atom. The molecule has 192 valence electrons. The van der Waals surface area contributed by atoms with E-state index in [1.54, 1.807) is 24.3 Å². The van der Waals surface area contributed by atoms with Crippen LogP contribution < -0.4 is 5.32 Å². The zero-order valence-electron chi connectivity index (χ0n) is 20.2. The second-order valence-corrected chi connectivity index (χ2v) is 9.42. The zero-order valence-corrected chi connectivity index (χ0v) is 20.2. The first-order valence-corrected chi connectivity index (χ1v) is 12.5. The van der Waals surface area contributed by atoms with Gasteiger partial charge >= 0.3 is 12.1 Å². The van der Waals surface area contributed by atoms with Crippen LogP contribution in [-0.4, -0.2) is 22.8 Å². The summed E-state index contributed by atoms with van der Waals surface area (Å²) in [6.07, 6.45) is 5.58. The van der Waals surface area contributed by atoms with Crippen molar-refractivity contribution < 1.29 is 27.5 Å². The van der Waals surface area contributed by atoms with Crippen LogP contribution in [0.4, 0.5) is 13.2 Å². The average molecular weight is 501 g/mol. The first-order valence-electron chi connectivity index (χ1n) is 12.5. The van der Waals surface area contributed by atoms with Crippen molar-refractivity contribution in [2.45, 2.75) is 64.1 Å². The SMILES string of the molecule is O=C(NCC1CCCCCCCC1)c1cc(C(=O)OCc2ccccc2)n2cccc(C(F)(F)F)c12. The lowest BCUT2D eigenvalue weighted by atomic mass is 9.97. The number of esters is 1. The summed E-state index contributed by atoms with van der Waals surface area (Å²) < 4.78 is 48.1. The Kier molecular flexibility index (Phi) is 8.33. The van der Waals surface area contributed by atoms with Gasteiger partial charge in [0.15, 0.2) is 0 Å². The lowest BCUT2D eigenvalue weighted by Crippen LogP contribution is -2.29. The molecule has 8 heteroatoms. The molecule has 4 rings (SSSR count). The van der Waals surface area contributed by atoms with Crippen molar-refractivity contribution in [1.82, 2.24) is 9.72 Å². The van der Waals surface area contributed by atoms with Crippen LogP contribution in [0.3, 0.4) is 0 Å². The fourth-order valence-electron chi connectivity index (χ4n) is 4.87. The molecular weight excluding hydrogens is 469 g/mol. The van der Waals surface area contributed by atoms with E-state index in [4.69, 9.17) is 4.74 Å². The maximum Gasteiger partial charge on any atom is 0.418 e. The van der Waals surface area contributed by atoms with Gasteiger partial charge in [-0.3, -0.25) is 4.79 Å². The summed E-state index contributed by atoms with van der Waals surface area (Å²) >= 11 is 0. The van der Waals surface area contributed by atoms with Crippen LogP contribution in [0.15, 0.2) is 54.7 Å². The van der Waals surface area contributed by atoms with Gasteiger partial charge in [0.2, 0.25) is 0 Å². The van der Waals surface area contributed by atoms with Gasteiger partial charge < -0.3 is 14.5 Å². The molecule has 0 unspecified atom stereocenters. The Hall–Kier alpha value is -3.29. The van der Waals surface area contributed by atoms with E-state index in [9.17, 15) is 22.8 Å². The van der Waals surface area contributed by atoms with E-state index >= 15 is 0 Å².